The van der Waals surface area contributed by atoms with Crippen LogP contribution >= 0.6 is 0 Å². The van der Waals surface area contributed by atoms with Crippen molar-refractivity contribution in [1.82, 2.24) is 0 Å². The lowest BCUT2D eigenvalue weighted by atomic mass is 10.1. The van der Waals surface area contributed by atoms with Gasteiger partial charge in [-0.05, 0) is 38.5 Å². The van der Waals surface area contributed by atoms with E-state index in [1.54, 1.807) is 0 Å². The predicted octanol–water partition coefficient (Wildman–Crippen LogP) is 7.13. The third kappa shape index (κ3) is 18.2. The molecule has 224 valence electrons. The maximum absolute atomic E-state index is 8.52. The van der Waals surface area contributed by atoms with Crippen molar-refractivity contribution in [2.24, 2.45) is 0 Å². The normalized spacial score (nSPS) is 11.7. The minimum Gasteiger partial charge on any atom is -0.759 e. The monoisotopic (exact) mass is 564 g/mol. The van der Waals surface area contributed by atoms with Crippen LogP contribution in [0, 0.1) is 0 Å². The lowest BCUT2D eigenvalue weighted by molar-refractivity contribution is -0.941. The first-order valence-electron chi connectivity index (χ1n) is 15.0. The van der Waals surface area contributed by atoms with Crippen molar-refractivity contribution < 1.29 is 26.5 Å². The van der Waals surface area contributed by atoms with Gasteiger partial charge < -0.3 is 18.1 Å². The maximum Gasteiger partial charge on any atom is 0.104 e. The lowest BCUT2D eigenvalue weighted by Gasteiger charge is -2.38. The van der Waals surface area contributed by atoms with Crippen molar-refractivity contribution in [2.45, 2.75) is 93.2 Å². The fourth-order valence-corrected chi connectivity index (χ4v) is 5.93. The highest BCUT2D eigenvalue weighted by molar-refractivity contribution is 7.79. The van der Waals surface area contributed by atoms with Gasteiger partial charge in [-0.3, -0.25) is 8.42 Å². The molecular formula is C32H56N2O4S. The second-order valence-corrected chi connectivity index (χ2v) is 11.5. The number of rotatable bonds is 16. The molecule has 6 nitrogen and oxygen atoms in total. The molecule has 0 saturated heterocycles. The van der Waals surface area contributed by atoms with Gasteiger partial charge in [0.25, 0.3) is 0 Å². The smallest absolute Gasteiger partial charge is 0.104 e. The number of quaternary nitrogens is 2. The van der Waals surface area contributed by atoms with Crippen molar-refractivity contribution in [3.05, 3.63) is 71.8 Å². The Morgan fingerprint density at radius 1 is 0.487 bits per heavy atom. The van der Waals surface area contributed by atoms with Crippen LogP contribution in [-0.4, -0.2) is 65.8 Å². The van der Waals surface area contributed by atoms with Crippen LogP contribution in [0.25, 0.3) is 0 Å². The van der Waals surface area contributed by atoms with Crippen LogP contribution in [0.2, 0.25) is 0 Å². The number of nitrogens with zero attached hydrogens (tertiary/aromatic N) is 2. The van der Waals surface area contributed by atoms with Crippen LogP contribution in [0.3, 0.4) is 0 Å². The minimum atomic E-state index is -5.17. The fraction of sp³-hybridized carbons (Fsp3) is 0.625. The molecule has 0 aliphatic carbocycles. The maximum atomic E-state index is 8.52. The summed E-state index contributed by atoms with van der Waals surface area (Å²) in [6.45, 7) is 24.2. The van der Waals surface area contributed by atoms with E-state index in [-0.39, 0.29) is 0 Å². The van der Waals surface area contributed by atoms with Gasteiger partial charge in [-0.15, -0.1) is 0 Å². The van der Waals surface area contributed by atoms with E-state index < -0.39 is 10.4 Å². The number of hydrogen-bond donors (Lipinski definition) is 0. The summed E-state index contributed by atoms with van der Waals surface area (Å²) in [5.41, 5.74) is 2.98. The summed E-state index contributed by atoms with van der Waals surface area (Å²) in [7, 11) is -5.17. The Balaban J connectivity index is 0.000000632. The molecule has 7 heteroatoms. The van der Waals surface area contributed by atoms with Crippen LogP contribution in [0.15, 0.2) is 60.7 Å². The summed E-state index contributed by atoms with van der Waals surface area (Å²) in [5, 5.41) is 0. The first-order chi connectivity index (χ1) is 18.5. The largest absolute Gasteiger partial charge is 0.759 e. The van der Waals surface area contributed by atoms with Crippen molar-refractivity contribution in [1.29, 1.82) is 0 Å². The zero-order chi connectivity index (χ0) is 29.6. The van der Waals surface area contributed by atoms with Crippen molar-refractivity contribution >= 4 is 10.4 Å². The Morgan fingerprint density at radius 3 is 0.872 bits per heavy atom. The SMILES string of the molecule is CCC[N+](CCC)(CCC)Cc1ccccc1.CCC[N+](CCC)(CCC)Cc1ccccc1.O=S(=O)([O-])[O-]. The molecule has 0 fully saturated rings. The van der Waals surface area contributed by atoms with Crippen LogP contribution in [0.1, 0.15) is 91.2 Å². The van der Waals surface area contributed by atoms with Gasteiger partial charge in [-0.2, -0.15) is 0 Å². The topological polar surface area (TPSA) is 80.3 Å². The molecule has 39 heavy (non-hydrogen) atoms. The summed E-state index contributed by atoms with van der Waals surface area (Å²) < 4.78 is 36.6. The highest BCUT2D eigenvalue weighted by atomic mass is 32.3. The van der Waals surface area contributed by atoms with Crippen molar-refractivity contribution in [3.63, 3.8) is 0 Å². The van der Waals surface area contributed by atoms with Gasteiger partial charge >= 0.3 is 0 Å². The van der Waals surface area contributed by atoms with Crippen LogP contribution in [-0.2, 0) is 23.5 Å². The summed E-state index contributed by atoms with van der Waals surface area (Å²) in [5.74, 6) is 0. The molecule has 0 aliphatic heterocycles. The van der Waals surface area contributed by atoms with E-state index in [1.165, 1.54) is 111 Å². The fourth-order valence-electron chi connectivity index (χ4n) is 5.93. The molecule has 0 saturated carbocycles. The molecule has 0 amide bonds. The van der Waals surface area contributed by atoms with Gasteiger partial charge in [-0.25, -0.2) is 0 Å². The summed E-state index contributed by atoms with van der Waals surface area (Å²) in [6, 6.07) is 21.9. The second-order valence-electron chi connectivity index (χ2n) is 10.7. The molecule has 0 N–H and O–H groups in total. The number of benzene rings is 2. The van der Waals surface area contributed by atoms with E-state index in [4.69, 9.17) is 17.5 Å². The summed E-state index contributed by atoms with van der Waals surface area (Å²) in [4.78, 5) is 0. The van der Waals surface area contributed by atoms with Gasteiger partial charge in [0, 0.05) is 21.5 Å². The summed E-state index contributed by atoms with van der Waals surface area (Å²) >= 11 is 0. The predicted molar refractivity (Wildman–Crippen MR) is 162 cm³/mol. The molecule has 2 rings (SSSR count). The van der Waals surface area contributed by atoms with Crippen LogP contribution in [0.5, 0.6) is 0 Å². The van der Waals surface area contributed by atoms with Gasteiger partial charge in [0.2, 0.25) is 0 Å². The third-order valence-corrected chi connectivity index (χ3v) is 6.91. The molecule has 2 aromatic rings. The van der Waals surface area contributed by atoms with Gasteiger partial charge in [0.05, 0.1) is 39.3 Å². The van der Waals surface area contributed by atoms with Gasteiger partial charge in [-0.1, -0.05) is 102 Å². The van der Waals surface area contributed by atoms with Crippen molar-refractivity contribution in [2.75, 3.05) is 39.3 Å². The Labute approximate surface area is 240 Å². The third-order valence-electron chi connectivity index (χ3n) is 6.91. The molecular weight excluding hydrogens is 508 g/mol. The molecule has 0 bridgehead atoms. The number of hydrogen-bond acceptors (Lipinski definition) is 4. The first kappa shape index (κ1) is 37.2. The molecule has 0 heterocycles. The van der Waals surface area contributed by atoms with E-state index in [2.05, 4.69) is 102 Å². The first-order valence-corrected chi connectivity index (χ1v) is 16.3. The molecule has 0 atom stereocenters. The Hall–Kier alpha value is -1.77. The minimum absolute atomic E-state index is 1.20. The molecule has 0 spiro atoms. The zero-order valence-corrected chi connectivity index (χ0v) is 26.4. The average Bonchev–Trinajstić information content (AvgIpc) is 2.86. The van der Waals surface area contributed by atoms with Gasteiger partial charge in [0.15, 0.2) is 0 Å². The molecule has 0 unspecified atom stereocenters. The zero-order valence-electron chi connectivity index (χ0n) is 25.6. The Morgan fingerprint density at radius 2 is 0.692 bits per heavy atom. The summed E-state index contributed by atoms with van der Waals surface area (Å²) in [6.07, 6.45) is 7.71. The van der Waals surface area contributed by atoms with Crippen LogP contribution in [0.4, 0.5) is 0 Å². The van der Waals surface area contributed by atoms with Crippen molar-refractivity contribution in [3.8, 4) is 0 Å². The highest BCUT2D eigenvalue weighted by Crippen LogP contribution is 2.19. The second kappa shape index (κ2) is 21.0. The lowest BCUT2D eigenvalue weighted by Crippen LogP contribution is -2.48. The van der Waals surface area contributed by atoms with E-state index in [9.17, 15) is 0 Å². The van der Waals surface area contributed by atoms with E-state index in [0.717, 1.165) is 0 Å². The van der Waals surface area contributed by atoms with Crippen LogP contribution < -0.4 is 0 Å². The molecule has 0 aliphatic rings. The quantitative estimate of drug-likeness (QED) is 0.123. The van der Waals surface area contributed by atoms with E-state index in [0.29, 0.717) is 0 Å². The highest BCUT2D eigenvalue weighted by Gasteiger charge is 2.25. The average molecular weight is 565 g/mol. The van der Waals surface area contributed by atoms with E-state index >= 15 is 0 Å². The Kier molecular flexibility index (Phi) is 20.1. The molecule has 0 aromatic heterocycles. The van der Waals surface area contributed by atoms with E-state index in [1.807, 2.05) is 0 Å². The molecule has 0 radical (unpaired) electrons. The Bertz CT molecular complexity index is 832. The standard InChI is InChI=1S/2C16H28N.H2O4S/c2*1-4-12-17(13-5-2,14-6-3)15-16-10-8-7-9-11-16;1-5(2,3)4/h2*7-11H,4-6,12-15H2,1-3H3;(H2,1,2,3,4)/q2*+1;/p-2. The van der Waals surface area contributed by atoms with Gasteiger partial charge in [0.1, 0.15) is 13.1 Å². The molecule has 2 aromatic carbocycles.